The molecule has 1 aromatic rings. The number of anilines is 1. The van der Waals surface area contributed by atoms with Crippen molar-refractivity contribution >= 4 is 21.4 Å². The largest absolute Gasteiger partial charge is 0.385 e. The van der Waals surface area contributed by atoms with Crippen molar-refractivity contribution in [2.75, 3.05) is 17.6 Å². The van der Waals surface area contributed by atoms with E-state index in [4.69, 9.17) is 5.14 Å². The minimum absolute atomic E-state index is 0.0125. The summed E-state index contributed by atoms with van der Waals surface area (Å²) >= 11 is 0. The first-order valence-corrected chi connectivity index (χ1v) is 6.59. The minimum atomic E-state index is -3.45. The zero-order valence-electron chi connectivity index (χ0n) is 9.00. The summed E-state index contributed by atoms with van der Waals surface area (Å²) in [5.41, 5.74) is 0.565. The third kappa shape index (κ3) is 5.27. The molecule has 1 rings (SSSR count). The van der Waals surface area contributed by atoms with Gasteiger partial charge in [0.2, 0.25) is 10.0 Å². The van der Waals surface area contributed by atoms with E-state index >= 15 is 0 Å². The van der Waals surface area contributed by atoms with Crippen LogP contribution in [0, 0.1) is 10.1 Å². The highest BCUT2D eigenvalue weighted by Crippen LogP contribution is 2.16. The van der Waals surface area contributed by atoms with Gasteiger partial charge in [-0.2, -0.15) is 0 Å². The van der Waals surface area contributed by atoms with Crippen LogP contribution in [0.1, 0.15) is 6.42 Å². The minimum Gasteiger partial charge on any atom is -0.385 e. The van der Waals surface area contributed by atoms with Gasteiger partial charge in [0.25, 0.3) is 5.69 Å². The predicted molar refractivity (Wildman–Crippen MR) is 64.2 cm³/mol. The molecular formula is C9H13N3O4S. The number of benzene rings is 1. The first-order chi connectivity index (χ1) is 7.88. The van der Waals surface area contributed by atoms with E-state index in [0.29, 0.717) is 18.7 Å². The van der Waals surface area contributed by atoms with Gasteiger partial charge in [-0.15, -0.1) is 0 Å². The number of hydrogen-bond donors (Lipinski definition) is 2. The van der Waals surface area contributed by atoms with E-state index in [2.05, 4.69) is 5.32 Å². The molecule has 0 aliphatic rings. The first kappa shape index (κ1) is 13.4. The predicted octanol–water partition coefficient (Wildman–Crippen LogP) is 0.685. The lowest BCUT2D eigenvalue weighted by atomic mass is 10.3. The Hall–Kier alpha value is -1.67. The summed E-state index contributed by atoms with van der Waals surface area (Å²) in [7, 11) is -3.45. The van der Waals surface area contributed by atoms with Gasteiger partial charge in [0.05, 0.1) is 10.7 Å². The van der Waals surface area contributed by atoms with Crippen LogP contribution >= 0.6 is 0 Å². The fourth-order valence-corrected chi connectivity index (χ4v) is 1.78. The Balaban J connectivity index is 2.47. The van der Waals surface area contributed by atoms with Gasteiger partial charge in [-0.1, -0.05) is 6.07 Å². The molecule has 3 N–H and O–H groups in total. The van der Waals surface area contributed by atoms with E-state index in [1.807, 2.05) is 0 Å². The van der Waals surface area contributed by atoms with Gasteiger partial charge in [0.1, 0.15) is 0 Å². The molecule has 0 bridgehead atoms. The van der Waals surface area contributed by atoms with Crippen molar-refractivity contribution in [3.63, 3.8) is 0 Å². The Bertz CT molecular complexity index is 501. The fourth-order valence-electron chi connectivity index (χ4n) is 1.24. The summed E-state index contributed by atoms with van der Waals surface area (Å²) < 4.78 is 21.3. The van der Waals surface area contributed by atoms with Crippen molar-refractivity contribution in [3.05, 3.63) is 34.4 Å². The Morgan fingerprint density at radius 1 is 1.41 bits per heavy atom. The average molecular weight is 259 g/mol. The molecule has 0 amide bonds. The van der Waals surface area contributed by atoms with Gasteiger partial charge >= 0.3 is 0 Å². The third-order valence-corrected chi connectivity index (χ3v) is 2.85. The van der Waals surface area contributed by atoms with Crippen molar-refractivity contribution in [3.8, 4) is 0 Å². The summed E-state index contributed by atoms with van der Waals surface area (Å²) in [5.74, 6) is -0.116. The van der Waals surface area contributed by atoms with Gasteiger partial charge < -0.3 is 5.32 Å². The van der Waals surface area contributed by atoms with Crippen LogP contribution in [0.25, 0.3) is 0 Å². The highest BCUT2D eigenvalue weighted by molar-refractivity contribution is 7.89. The number of nitrogens with one attached hydrogen (secondary N) is 1. The molecule has 8 heteroatoms. The van der Waals surface area contributed by atoms with Gasteiger partial charge in [-0.25, -0.2) is 13.6 Å². The maximum Gasteiger partial charge on any atom is 0.271 e. The van der Waals surface area contributed by atoms with E-state index in [9.17, 15) is 18.5 Å². The van der Waals surface area contributed by atoms with E-state index in [1.165, 1.54) is 12.1 Å². The number of primary sulfonamides is 1. The summed E-state index contributed by atoms with van der Waals surface area (Å²) in [6, 6.07) is 6.00. The highest BCUT2D eigenvalue weighted by Gasteiger charge is 2.05. The molecule has 0 saturated carbocycles. The van der Waals surface area contributed by atoms with E-state index in [-0.39, 0.29) is 11.4 Å². The molecular weight excluding hydrogens is 246 g/mol. The van der Waals surface area contributed by atoms with Crippen LogP contribution in [0.4, 0.5) is 11.4 Å². The van der Waals surface area contributed by atoms with Crippen molar-refractivity contribution in [2.24, 2.45) is 5.14 Å². The number of nitrogens with zero attached hydrogens (tertiary/aromatic N) is 1. The molecule has 7 nitrogen and oxygen atoms in total. The molecule has 0 unspecified atom stereocenters. The molecule has 0 aromatic heterocycles. The summed E-state index contributed by atoms with van der Waals surface area (Å²) in [6.45, 7) is 0.387. The van der Waals surface area contributed by atoms with Gasteiger partial charge in [-0.05, 0) is 12.5 Å². The van der Waals surface area contributed by atoms with Crippen molar-refractivity contribution in [1.82, 2.24) is 0 Å². The van der Waals surface area contributed by atoms with Crippen LogP contribution in [0.2, 0.25) is 0 Å². The van der Waals surface area contributed by atoms with Gasteiger partial charge in [0, 0.05) is 24.4 Å². The Labute approximate surface area is 98.8 Å². The molecule has 0 heterocycles. The van der Waals surface area contributed by atoms with Crippen LogP contribution < -0.4 is 10.5 Å². The van der Waals surface area contributed by atoms with Crippen molar-refractivity contribution < 1.29 is 13.3 Å². The Kier molecular flexibility index (Phi) is 4.41. The monoisotopic (exact) mass is 259 g/mol. The summed E-state index contributed by atoms with van der Waals surface area (Å²) in [6.07, 6.45) is 0.349. The average Bonchev–Trinajstić information content (AvgIpc) is 2.23. The fraction of sp³-hybridized carbons (Fsp3) is 0.333. The standard InChI is InChI=1S/C9H13N3O4S/c10-17(15,16)6-2-5-11-8-3-1-4-9(7-8)12(13)14/h1,3-4,7,11H,2,5-6H2,(H2,10,15,16). The molecule has 0 spiro atoms. The quantitative estimate of drug-likeness (QED) is 0.443. The van der Waals surface area contributed by atoms with Crippen LogP contribution in [0.5, 0.6) is 0 Å². The molecule has 0 saturated heterocycles. The lowest BCUT2D eigenvalue weighted by molar-refractivity contribution is -0.384. The second-order valence-corrected chi connectivity index (χ2v) is 5.19. The number of nitrogens with two attached hydrogens (primary N) is 1. The smallest absolute Gasteiger partial charge is 0.271 e. The zero-order chi connectivity index (χ0) is 12.9. The number of rotatable bonds is 6. The van der Waals surface area contributed by atoms with E-state index < -0.39 is 14.9 Å². The van der Waals surface area contributed by atoms with Crippen molar-refractivity contribution in [2.45, 2.75) is 6.42 Å². The maximum atomic E-state index is 10.6. The molecule has 94 valence electrons. The van der Waals surface area contributed by atoms with E-state index in [1.54, 1.807) is 12.1 Å². The van der Waals surface area contributed by atoms with Crippen LogP contribution in [0.3, 0.4) is 0 Å². The highest BCUT2D eigenvalue weighted by atomic mass is 32.2. The molecule has 0 atom stereocenters. The first-order valence-electron chi connectivity index (χ1n) is 4.87. The zero-order valence-corrected chi connectivity index (χ0v) is 9.81. The van der Waals surface area contributed by atoms with Gasteiger partial charge in [-0.3, -0.25) is 10.1 Å². The Morgan fingerprint density at radius 2 is 2.12 bits per heavy atom. The molecule has 1 aromatic carbocycles. The molecule has 0 radical (unpaired) electrons. The summed E-state index contributed by atoms with van der Waals surface area (Å²) in [4.78, 5) is 10.0. The molecule has 17 heavy (non-hydrogen) atoms. The lowest BCUT2D eigenvalue weighted by Gasteiger charge is -2.05. The molecule has 0 aliphatic carbocycles. The SMILES string of the molecule is NS(=O)(=O)CCCNc1cccc([N+](=O)[O-])c1. The number of nitro groups is 1. The van der Waals surface area contributed by atoms with Crippen molar-refractivity contribution in [1.29, 1.82) is 0 Å². The molecule has 0 aliphatic heterocycles. The maximum absolute atomic E-state index is 10.6. The topological polar surface area (TPSA) is 115 Å². The van der Waals surface area contributed by atoms with Gasteiger partial charge in [0.15, 0.2) is 0 Å². The lowest BCUT2D eigenvalue weighted by Crippen LogP contribution is -2.18. The summed E-state index contributed by atoms with van der Waals surface area (Å²) in [5, 5.41) is 18.2. The number of sulfonamides is 1. The Morgan fingerprint density at radius 3 is 2.71 bits per heavy atom. The number of non-ortho nitro benzene ring substituents is 1. The third-order valence-electron chi connectivity index (χ3n) is 1.99. The molecule has 0 fully saturated rings. The van der Waals surface area contributed by atoms with Crippen LogP contribution in [0.15, 0.2) is 24.3 Å². The number of nitro benzene ring substituents is 1. The van der Waals surface area contributed by atoms with E-state index in [0.717, 1.165) is 0 Å². The normalized spacial score (nSPS) is 11.1. The second kappa shape index (κ2) is 5.60. The second-order valence-electron chi connectivity index (χ2n) is 3.45. The number of hydrogen-bond acceptors (Lipinski definition) is 5. The van der Waals surface area contributed by atoms with Crippen LogP contribution in [-0.4, -0.2) is 25.6 Å². The van der Waals surface area contributed by atoms with Crippen LogP contribution in [-0.2, 0) is 10.0 Å².